The largest absolute Gasteiger partial charge is 0.459 e. The fraction of sp³-hybridized carbons (Fsp3) is 0.417. The van der Waals surface area contributed by atoms with E-state index < -0.39 is 11.8 Å². The summed E-state index contributed by atoms with van der Waals surface area (Å²) in [7, 11) is 1.53. The smallest absolute Gasteiger partial charge is 0.338 e. The van der Waals surface area contributed by atoms with Gasteiger partial charge in [0.25, 0.3) is 0 Å². The monoisotopic (exact) mass is 241 g/mol. The number of anilines is 1. The van der Waals surface area contributed by atoms with Crippen LogP contribution in [-0.4, -0.2) is 25.8 Å². The first-order valence-corrected chi connectivity index (χ1v) is 5.21. The summed E-state index contributed by atoms with van der Waals surface area (Å²) in [5, 5.41) is 0. The zero-order valence-electron chi connectivity index (χ0n) is 10.1. The van der Waals surface area contributed by atoms with Crippen molar-refractivity contribution in [1.82, 2.24) is 0 Å². The summed E-state index contributed by atoms with van der Waals surface area (Å²) >= 11 is 0. The van der Waals surface area contributed by atoms with Gasteiger partial charge < -0.3 is 15.2 Å². The van der Waals surface area contributed by atoms with Crippen molar-refractivity contribution in [2.24, 2.45) is 0 Å². The van der Waals surface area contributed by atoms with Crippen molar-refractivity contribution in [1.29, 1.82) is 0 Å². The molecule has 1 atom stereocenters. The summed E-state index contributed by atoms with van der Waals surface area (Å²) in [5.41, 5.74) is 6.10. The minimum Gasteiger partial charge on any atom is -0.459 e. The summed E-state index contributed by atoms with van der Waals surface area (Å²) in [6.07, 6.45) is -0.183. The van der Waals surface area contributed by atoms with E-state index in [1.165, 1.54) is 19.2 Å². The Hall–Kier alpha value is -1.62. The number of nitrogen functional groups attached to an aromatic ring is 1. The predicted octanol–water partition coefficient (Wildman–Crippen LogP) is 1.91. The van der Waals surface area contributed by atoms with Crippen LogP contribution in [-0.2, 0) is 9.47 Å². The van der Waals surface area contributed by atoms with Gasteiger partial charge in [-0.25, -0.2) is 9.18 Å². The molecule has 0 saturated carbocycles. The third kappa shape index (κ3) is 3.42. The van der Waals surface area contributed by atoms with Gasteiger partial charge in [-0.2, -0.15) is 0 Å². The summed E-state index contributed by atoms with van der Waals surface area (Å²) in [6.45, 7) is 3.55. The van der Waals surface area contributed by atoms with E-state index in [0.717, 1.165) is 0 Å². The third-order valence-electron chi connectivity index (χ3n) is 2.42. The number of benzene rings is 1. The molecule has 1 aromatic rings. The minimum atomic E-state index is -0.538. The SMILES string of the molecule is COC(C)COC(=O)c1cc(N)c(F)cc1C. The standard InChI is InChI=1S/C12H16FNO3/c1-7-4-10(13)11(14)5-9(7)12(15)17-6-8(2)16-3/h4-5,8H,6,14H2,1-3H3. The van der Waals surface area contributed by atoms with Gasteiger partial charge in [0, 0.05) is 7.11 Å². The molecule has 0 heterocycles. The number of esters is 1. The molecule has 5 heteroatoms. The van der Waals surface area contributed by atoms with Crippen molar-refractivity contribution in [3.05, 3.63) is 29.1 Å². The molecule has 0 radical (unpaired) electrons. The van der Waals surface area contributed by atoms with Crippen LogP contribution < -0.4 is 5.73 Å². The first-order valence-electron chi connectivity index (χ1n) is 5.21. The van der Waals surface area contributed by atoms with E-state index in [4.69, 9.17) is 15.2 Å². The van der Waals surface area contributed by atoms with Crippen LogP contribution in [0.1, 0.15) is 22.8 Å². The fourth-order valence-corrected chi connectivity index (χ4v) is 1.25. The lowest BCUT2D eigenvalue weighted by Crippen LogP contribution is -2.18. The van der Waals surface area contributed by atoms with E-state index in [-0.39, 0.29) is 24.0 Å². The maximum Gasteiger partial charge on any atom is 0.338 e. The molecule has 94 valence electrons. The molecular formula is C12H16FNO3. The Morgan fingerprint density at radius 3 is 2.76 bits per heavy atom. The lowest BCUT2D eigenvalue weighted by molar-refractivity contribution is 0.0168. The highest BCUT2D eigenvalue weighted by Gasteiger charge is 2.14. The summed E-state index contributed by atoms with van der Waals surface area (Å²) in [5.74, 6) is -1.07. The van der Waals surface area contributed by atoms with Crippen LogP contribution in [0.5, 0.6) is 0 Å². The van der Waals surface area contributed by atoms with Crippen LogP contribution in [0.15, 0.2) is 12.1 Å². The minimum absolute atomic E-state index is 0.0673. The molecular weight excluding hydrogens is 225 g/mol. The van der Waals surface area contributed by atoms with E-state index in [9.17, 15) is 9.18 Å². The second kappa shape index (κ2) is 5.63. The summed E-state index contributed by atoms with van der Waals surface area (Å²) in [6, 6.07) is 2.50. The van der Waals surface area contributed by atoms with Crippen molar-refractivity contribution in [3.8, 4) is 0 Å². The fourth-order valence-electron chi connectivity index (χ4n) is 1.25. The van der Waals surface area contributed by atoms with Crippen molar-refractivity contribution in [2.75, 3.05) is 19.5 Å². The molecule has 1 unspecified atom stereocenters. The van der Waals surface area contributed by atoms with Gasteiger partial charge in [-0.05, 0) is 31.5 Å². The Labute approximate surface area is 99.5 Å². The number of hydrogen-bond acceptors (Lipinski definition) is 4. The molecule has 0 aliphatic heterocycles. The highest BCUT2D eigenvalue weighted by molar-refractivity contribution is 5.92. The lowest BCUT2D eigenvalue weighted by Gasteiger charge is -2.12. The van der Waals surface area contributed by atoms with Crippen LogP contribution in [0.4, 0.5) is 10.1 Å². The molecule has 0 aliphatic carbocycles. The maximum absolute atomic E-state index is 13.1. The van der Waals surface area contributed by atoms with Crippen molar-refractivity contribution >= 4 is 11.7 Å². The number of carbonyl (C=O) groups is 1. The molecule has 0 amide bonds. The Bertz CT molecular complexity index is 420. The zero-order valence-corrected chi connectivity index (χ0v) is 10.1. The van der Waals surface area contributed by atoms with Crippen molar-refractivity contribution in [3.63, 3.8) is 0 Å². The second-order valence-electron chi connectivity index (χ2n) is 3.83. The van der Waals surface area contributed by atoms with Crippen LogP contribution in [0, 0.1) is 12.7 Å². The molecule has 1 aromatic carbocycles. The molecule has 0 fully saturated rings. The number of ether oxygens (including phenoxy) is 2. The van der Waals surface area contributed by atoms with Gasteiger partial charge in [0.15, 0.2) is 0 Å². The van der Waals surface area contributed by atoms with E-state index in [2.05, 4.69) is 0 Å². The van der Waals surface area contributed by atoms with Gasteiger partial charge in [-0.1, -0.05) is 0 Å². The molecule has 0 aromatic heterocycles. The first kappa shape index (κ1) is 13.4. The van der Waals surface area contributed by atoms with Crippen LogP contribution >= 0.6 is 0 Å². The Balaban J connectivity index is 2.79. The number of methoxy groups -OCH3 is 1. The molecule has 4 nitrogen and oxygen atoms in total. The molecule has 17 heavy (non-hydrogen) atoms. The number of rotatable bonds is 4. The molecule has 0 saturated heterocycles. The maximum atomic E-state index is 13.1. The number of aryl methyl sites for hydroxylation is 1. The van der Waals surface area contributed by atoms with Gasteiger partial charge in [-0.3, -0.25) is 0 Å². The normalized spacial score (nSPS) is 12.2. The molecule has 0 bridgehead atoms. The van der Waals surface area contributed by atoms with E-state index in [1.807, 2.05) is 0 Å². The molecule has 0 aliphatic rings. The zero-order chi connectivity index (χ0) is 13.0. The Morgan fingerprint density at radius 2 is 2.18 bits per heavy atom. The third-order valence-corrected chi connectivity index (χ3v) is 2.42. The Morgan fingerprint density at radius 1 is 1.53 bits per heavy atom. The van der Waals surface area contributed by atoms with Crippen LogP contribution in [0.2, 0.25) is 0 Å². The number of hydrogen-bond donors (Lipinski definition) is 1. The Kier molecular flexibility index (Phi) is 4.45. The van der Waals surface area contributed by atoms with Crippen LogP contribution in [0.25, 0.3) is 0 Å². The summed E-state index contributed by atoms with van der Waals surface area (Å²) < 4.78 is 23.1. The van der Waals surface area contributed by atoms with Crippen molar-refractivity contribution in [2.45, 2.75) is 20.0 Å². The molecule has 2 N–H and O–H groups in total. The van der Waals surface area contributed by atoms with Gasteiger partial charge in [0.2, 0.25) is 0 Å². The molecule has 1 rings (SSSR count). The van der Waals surface area contributed by atoms with Gasteiger partial charge >= 0.3 is 5.97 Å². The number of carbonyl (C=O) groups excluding carboxylic acids is 1. The highest BCUT2D eigenvalue weighted by atomic mass is 19.1. The number of halogens is 1. The van der Waals surface area contributed by atoms with E-state index in [1.54, 1.807) is 13.8 Å². The number of nitrogens with two attached hydrogens (primary N) is 1. The lowest BCUT2D eigenvalue weighted by atomic mass is 10.1. The first-order chi connectivity index (χ1) is 7.95. The van der Waals surface area contributed by atoms with Gasteiger partial charge in [0.1, 0.15) is 12.4 Å². The quantitative estimate of drug-likeness (QED) is 0.646. The predicted molar refractivity (Wildman–Crippen MR) is 62.3 cm³/mol. The topological polar surface area (TPSA) is 61.5 Å². The van der Waals surface area contributed by atoms with Crippen molar-refractivity contribution < 1.29 is 18.7 Å². The van der Waals surface area contributed by atoms with Crippen LogP contribution in [0.3, 0.4) is 0 Å². The summed E-state index contributed by atoms with van der Waals surface area (Å²) in [4.78, 5) is 11.7. The molecule has 0 spiro atoms. The van der Waals surface area contributed by atoms with Gasteiger partial charge in [-0.15, -0.1) is 0 Å². The van der Waals surface area contributed by atoms with Gasteiger partial charge in [0.05, 0.1) is 17.4 Å². The van der Waals surface area contributed by atoms with E-state index in [0.29, 0.717) is 5.56 Å². The average Bonchev–Trinajstić information content (AvgIpc) is 2.30. The van der Waals surface area contributed by atoms with E-state index >= 15 is 0 Å². The highest BCUT2D eigenvalue weighted by Crippen LogP contribution is 2.18. The average molecular weight is 241 g/mol. The second-order valence-corrected chi connectivity index (χ2v) is 3.83.